The predicted octanol–water partition coefficient (Wildman–Crippen LogP) is 1.91. The molecule has 1 unspecified atom stereocenters. The van der Waals surface area contributed by atoms with Crippen molar-refractivity contribution >= 4 is 21.8 Å². The Kier molecular flexibility index (Phi) is 6.32. The highest BCUT2D eigenvalue weighted by Crippen LogP contribution is 2.19. The van der Waals surface area contributed by atoms with Crippen LogP contribution in [0.25, 0.3) is 0 Å². The molecule has 6 heteroatoms. The van der Waals surface area contributed by atoms with E-state index in [-0.39, 0.29) is 11.5 Å². The van der Waals surface area contributed by atoms with E-state index >= 15 is 0 Å². The lowest BCUT2D eigenvalue weighted by molar-refractivity contribution is 0.280. The molecule has 2 N–H and O–H groups in total. The number of thioether (sulfide) groups is 1. The lowest BCUT2D eigenvalue weighted by Crippen LogP contribution is -2.27. The van der Waals surface area contributed by atoms with Crippen molar-refractivity contribution in [2.45, 2.75) is 37.0 Å². The summed E-state index contributed by atoms with van der Waals surface area (Å²) in [6.45, 7) is 4.05. The number of aliphatic hydroxyl groups is 1. The number of aliphatic hydroxyl groups excluding tert-OH is 1. The van der Waals surface area contributed by atoms with Crippen LogP contribution in [0.3, 0.4) is 0 Å². The zero-order valence-corrected chi connectivity index (χ0v) is 13.1. The van der Waals surface area contributed by atoms with Crippen LogP contribution in [0.5, 0.6) is 0 Å². The molecule has 1 atom stereocenters. The number of nitrogens with one attached hydrogen (secondary N) is 1. The summed E-state index contributed by atoms with van der Waals surface area (Å²) < 4.78 is 27.0. The number of hydrogen-bond donors (Lipinski definition) is 2. The Morgan fingerprint density at radius 3 is 2.68 bits per heavy atom. The minimum absolute atomic E-state index is 0.154. The fourth-order valence-electron chi connectivity index (χ4n) is 1.71. The second-order valence-electron chi connectivity index (χ2n) is 4.43. The molecule has 0 amide bonds. The highest BCUT2D eigenvalue weighted by Gasteiger charge is 2.17. The van der Waals surface area contributed by atoms with Crippen LogP contribution < -0.4 is 4.72 Å². The third-order valence-electron chi connectivity index (χ3n) is 3.10. The fourth-order valence-corrected chi connectivity index (χ4v) is 3.40. The number of sulfonamides is 1. The van der Waals surface area contributed by atoms with E-state index in [0.29, 0.717) is 22.9 Å². The second-order valence-corrected chi connectivity index (χ2v) is 7.44. The van der Waals surface area contributed by atoms with E-state index in [0.717, 1.165) is 6.42 Å². The SMILES string of the molecule is CSC(C)CCNS(=O)(=O)c1cccc(CO)c1C. The van der Waals surface area contributed by atoms with Gasteiger partial charge in [-0.3, -0.25) is 0 Å². The van der Waals surface area contributed by atoms with Crippen LogP contribution >= 0.6 is 11.8 Å². The molecule has 0 saturated carbocycles. The van der Waals surface area contributed by atoms with Gasteiger partial charge in [0.15, 0.2) is 0 Å². The Hall–Kier alpha value is -0.560. The Labute approximate surface area is 119 Å². The average Bonchev–Trinajstić information content (AvgIpc) is 2.38. The predicted molar refractivity (Wildman–Crippen MR) is 79.9 cm³/mol. The first-order chi connectivity index (χ1) is 8.92. The lowest BCUT2D eigenvalue weighted by Gasteiger charge is -2.13. The fraction of sp³-hybridized carbons (Fsp3) is 0.538. The van der Waals surface area contributed by atoms with Gasteiger partial charge in [0, 0.05) is 11.8 Å². The molecule has 0 heterocycles. The highest BCUT2D eigenvalue weighted by atomic mass is 32.2. The Morgan fingerprint density at radius 2 is 2.11 bits per heavy atom. The normalized spacial score (nSPS) is 13.5. The van der Waals surface area contributed by atoms with Gasteiger partial charge in [0.05, 0.1) is 11.5 Å². The Bertz CT molecular complexity index is 515. The first-order valence-electron chi connectivity index (χ1n) is 6.14. The van der Waals surface area contributed by atoms with Gasteiger partial charge < -0.3 is 5.11 Å². The molecule has 0 saturated heterocycles. The molecule has 19 heavy (non-hydrogen) atoms. The van der Waals surface area contributed by atoms with Crippen molar-refractivity contribution in [2.75, 3.05) is 12.8 Å². The molecule has 0 radical (unpaired) electrons. The van der Waals surface area contributed by atoms with Crippen LogP contribution in [-0.4, -0.2) is 31.6 Å². The minimum atomic E-state index is -3.50. The maximum atomic E-state index is 12.2. The topological polar surface area (TPSA) is 66.4 Å². The smallest absolute Gasteiger partial charge is 0.240 e. The van der Waals surface area contributed by atoms with Crippen LogP contribution in [-0.2, 0) is 16.6 Å². The summed E-state index contributed by atoms with van der Waals surface area (Å²) in [5.74, 6) is 0. The van der Waals surface area contributed by atoms with Crippen molar-refractivity contribution in [1.29, 1.82) is 0 Å². The van der Waals surface area contributed by atoms with Gasteiger partial charge in [0.2, 0.25) is 10.0 Å². The molecule has 0 aliphatic carbocycles. The van der Waals surface area contributed by atoms with E-state index in [1.54, 1.807) is 36.9 Å². The van der Waals surface area contributed by atoms with Crippen molar-refractivity contribution in [3.8, 4) is 0 Å². The molecular formula is C13H21NO3S2. The van der Waals surface area contributed by atoms with E-state index in [1.807, 2.05) is 6.26 Å². The molecule has 0 bridgehead atoms. The van der Waals surface area contributed by atoms with Crippen LogP contribution in [0.2, 0.25) is 0 Å². The highest BCUT2D eigenvalue weighted by molar-refractivity contribution is 7.99. The standard InChI is InChI=1S/C13H21NO3S2/c1-10(18-3)7-8-14-19(16,17)13-6-4-5-12(9-15)11(13)2/h4-6,10,14-15H,7-9H2,1-3H3. The molecule has 0 fully saturated rings. The van der Waals surface area contributed by atoms with Gasteiger partial charge in [0.1, 0.15) is 0 Å². The summed E-state index contributed by atoms with van der Waals surface area (Å²) in [7, 11) is -3.50. The van der Waals surface area contributed by atoms with E-state index < -0.39 is 10.0 Å². The molecule has 108 valence electrons. The minimum Gasteiger partial charge on any atom is -0.392 e. The van der Waals surface area contributed by atoms with Gasteiger partial charge in [-0.05, 0) is 36.8 Å². The zero-order valence-electron chi connectivity index (χ0n) is 11.5. The first kappa shape index (κ1) is 16.5. The molecule has 4 nitrogen and oxygen atoms in total. The Morgan fingerprint density at radius 1 is 1.42 bits per heavy atom. The quantitative estimate of drug-likeness (QED) is 0.807. The molecule has 0 aliphatic heterocycles. The monoisotopic (exact) mass is 303 g/mol. The summed E-state index contributed by atoms with van der Waals surface area (Å²) >= 11 is 1.71. The maximum Gasteiger partial charge on any atom is 0.240 e. The summed E-state index contributed by atoms with van der Waals surface area (Å²) in [5, 5.41) is 9.60. The van der Waals surface area contributed by atoms with E-state index in [2.05, 4.69) is 11.6 Å². The molecule has 1 aromatic rings. The first-order valence-corrected chi connectivity index (χ1v) is 8.91. The maximum absolute atomic E-state index is 12.2. The summed E-state index contributed by atoms with van der Waals surface area (Å²) in [5.41, 5.74) is 1.25. The van der Waals surface area contributed by atoms with Crippen molar-refractivity contribution in [2.24, 2.45) is 0 Å². The molecule has 1 rings (SSSR count). The molecule has 0 aliphatic rings. The third kappa shape index (κ3) is 4.49. The van der Waals surface area contributed by atoms with E-state index in [4.69, 9.17) is 0 Å². The molecule has 1 aromatic carbocycles. The van der Waals surface area contributed by atoms with Gasteiger partial charge in [-0.2, -0.15) is 11.8 Å². The summed E-state index contributed by atoms with van der Waals surface area (Å²) in [6.07, 6.45) is 2.80. The Balaban J connectivity index is 2.83. The van der Waals surface area contributed by atoms with Gasteiger partial charge in [-0.15, -0.1) is 0 Å². The van der Waals surface area contributed by atoms with Gasteiger partial charge in [-0.1, -0.05) is 19.1 Å². The zero-order chi connectivity index (χ0) is 14.5. The third-order valence-corrected chi connectivity index (χ3v) is 5.75. The van der Waals surface area contributed by atoms with Crippen LogP contribution in [0.15, 0.2) is 23.1 Å². The number of hydrogen-bond acceptors (Lipinski definition) is 4. The largest absolute Gasteiger partial charge is 0.392 e. The van der Waals surface area contributed by atoms with E-state index in [1.165, 1.54) is 0 Å². The van der Waals surface area contributed by atoms with Crippen LogP contribution in [0.4, 0.5) is 0 Å². The van der Waals surface area contributed by atoms with Gasteiger partial charge in [-0.25, -0.2) is 13.1 Å². The van der Waals surface area contributed by atoms with Crippen molar-refractivity contribution in [3.63, 3.8) is 0 Å². The van der Waals surface area contributed by atoms with Gasteiger partial charge in [0.25, 0.3) is 0 Å². The van der Waals surface area contributed by atoms with Crippen molar-refractivity contribution < 1.29 is 13.5 Å². The summed E-state index contributed by atoms with van der Waals surface area (Å²) in [4.78, 5) is 0.246. The summed E-state index contributed by atoms with van der Waals surface area (Å²) in [6, 6.07) is 4.94. The van der Waals surface area contributed by atoms with Crippen LogP contribution in [0.1, 0.15) is 24.5 Å². The lowest BCUT2D eigenvalue weighted by atomic mass is 10.1. The van der Waals surface area contributed by atoms with Crippen LogP contribution in [0, 0.1) is 6.92 Å². The average molecular weight is 303 g/mol. The second kappa shape index (κ2) is 7.28. The number of rotatable bonds is 7. The van der Waals surface area contributed by atoms with Crippen molar-refractivity contribution in [1.82, 2.24) is 4.72 Å². The molecule has 0 aromatic heterocycles. The molecular weight excluding hydrogens is 282 g/mol. The molecule has 0 spiro atoms. The van der Waals surface area contributed by atoms with E-state index in [9.17, 15) is 13.5 Å². The van der Waals surface area contributed by atoms with Crippen molar-refractivity contribution in [3.05, 3.63) is 29.3 Å². The number of benzene rings is 1. The van der Waals surface area contributed by atoms with Gasteiger partial charge >= 0.3 is 0 Å².